The summed E-state index contributed by atoms with van der Waals surface area (Å²) in [4.78, 5) is 51.4. The van der Waals surface area contributed by atoms with Gasteiger partial charge in [-0.3, -0.25) is 14.4 Å². The minimum atomic E-state index is -0.673. The van der Waals surface area contributed by atoms with E-state index in [1.807, 2.05) is 60.7 Å². The first kappa shape index (κ1) is 40.7. The summed E-state index contributed by atoms with van der Waals surface area (Å²) in [7, 11) is 0. The number of carbonyl (C=O) groups excluding carboxylic acids is 4. The Hall–Kier alpha value is -4.48. The van der Waals surface area contributed by atoms with Gasteiger partial charge in [-0.15, -0.1) is 13.2 Å². The highest BCUT2D eigenvalue weighted by molar-refractivity contribution is 5.86. The van der Waals surface area contributed by atoms with Crippen LogP contribution in [0.3, 0.4) is 0 Å². The summed E-state index contributed by atoms with van der Waals surface area (Å²) in [5.41, 5.74) is 1.92. The molecule has 0 saturated heterocycles. The lowest BCUT2D eigenvalue weighted by Crippen LogP contribution is -2.43. The van der Waals surface area contributed by atoms with Crippen LogP contribution in [0.5, 0.6) is 0 Å². The number of hydrogen-bond donors (Lipinski definition) is 4. The summed E-state index contributed by atoms with van der Waals surface area (Å²) in [5.74, 6) is -2.05. The van der Waals surface area contributed by atoms with Crippen LogP contribution in [0.2, 0.25) is 0 Å². The summed E-state index contributed by atoms with van der Waals surface area (Å²) in [6, 6.07) is 18.6. The second kappa shape index (κ2) is 25.5. The second-order valence-corrected chi connectivity index (χ2v) is 11.7. The van der Waals surface area contributed by atoms with Gasteiger partial charge in [0.25, 0.3) is 0 Å². The molecule has 3 unspecified atom stereocenters. The van der Waals surface area contributed by atoms with Gasteiger partial charge in [0.2, 0.25) is 11.8 Å². The van der Waals surface area contributed by atoms with Gasteiger partial charge in [-0.1, -0.05) is 72.8 Å². The molecule has 0 aliphatic carbocycles. The van der Waals surface area contributed by atoms with Crippen molar-refractivity contribution in [3.05, 3.63) is 97.1 Å². The highest BCUT2D eigenvalue weighted by atomic mass is 16.5. The van der Waals surface area contributed by atoms with E-state index in [1.54, 1.807) is 12.2 Å². The smallest absolute Gasteiger partial charge is 0.407 e. The zero-order chi connectivity index (χ0) is 35.5. The number of benzene rings is 2. The lowest BCUT2D eigenvalue weighted by Gasteiger charge is -2.23. The molecule has 0 aliphatic heterocycles. The average molecular weight is 680 g/mol. The van der Waals surface area contributed by atoms with Crippen molar-refractivity contribution >= 4 is 23.9 Å². The van der Waals surface area contributed by atoms with Crippen molar-refractivity contribution in [2.75, 3.05) is 39.5 Å². The van der Waals surface area contributed by atoms with Crippen LogP contribution in [0, 0.1) is 11.8 Å². The van der Waals surface area contributed by atoms with Crippen molar-refractivity contribution in [1.82, 2.24) is 16.0 Å². The number of allylic oxidation sites excluding steroid dienone is 2. The minimum absolute atomic E-state index is 0.0360. The molecule has 0 heterocycles. The van der Waals surface area contributed by atoms with E-state index in [0.29, 0.717) is 45.1 Å². The minimum Gasteiger partial charge on any atom is -0.463 e. The van der Waals surface area contributed by atoms with Crippen LogP contribution in [0.25, 0.3) is 0 Å². The molecule has 11 nitrogen and oxygen atoms in total. The van der Waals surface area contributed by atoms with Gasteiger partial charge in [0.15, 0.2) is 0 Å². The van der Waals surface area contributed by atoms with Crippen molar-refractivity contribution in [2.45, 2.75) is 64.0 Å². The largest absolute Gasteiger partial charge is 0.463 e. The molecule has 49 heavy (non-hydrogen) atoms. The summed E-state index contributed by atoms with van der Waals surface area (Å²) < 4.78 is 16.2. The fourth-order valence-corrected chi connectivity index (χ4v) is 5.03. The van der Waals surface area contributed by atoms with E-state index in [-0.39, 0.29) is 76.1 Å². The van der Waals surface area contributed by atoms with Crippen molar-refractivity contribution in [2.24, 2.45) is 11.8 Å². The van der Waals surface area contributed by atoms with E-state index >= 15 is 0 Å². The first-order chi connectivity index (χ1) is 23.9. The number of ether oxygens (including phenoxy) is 3. The number of carbonyl (C=O) groups is 4. The van der Waals surface area contributed by atoms with Crippen LogP contribution < -0.4 is 16.0 Å². The van der Waals surface area contributed by atoms with Gasteiger partial charge >= 0.3 is 12.1 Å². The van der Waals surface area contributed by atoms with Gasteiger partial charge in [-0.25, -0.2) is 4.79 Å². The summed E-state index contributed by atoms with van der Waals surface area (Å²) in [6.07, 6.45) is 6.54. The fourth-order valence-electron chi connectivity index (χ4n) is 5.03. The van der Waals surface area contributed by atoms with E-state index in [0.717, 1.165) is 11.1 Å². The third-order valence-corrected chi connectivity index (χ3v) is 7.67. The molecule has 0 aliphatic rings. The van der Waals surface area contributed by atoms with Crippen molar-refractivity contribution in [3.8, 4) is 0 Å². The number of aliphatic hydroxyl groups is 1. The Labute approximate surface area is 290 Å². The van der Waals surface area contributed by atoms with Gasteiger partial charge in [-0.05, 0) is 56.1 Å². The topological polar surface area (TPSA) is 152 Å². The number of aliphatic hydroxyl groups excluding tert-OH is 1. The van der Waals surface area contributed by atoms with Gasteiger partial charge in [0, 0.05) is 19.5 Å². The molecule has 3 amide bonds. The Morgan fingerprint density at radius 2 is 1.51 bits per heavy atom. The maximum absolute atomic E-state index is 13.4. The Balaban J connectivity index is 1.98. The van der Waals surface area contributed by atoms with E-state index in [9.17, 15) is 19.2 Å². The Morgan fingerprint density at radius 1 is 0.796 bits per heavy atom. The van der Waals surface area contributed by atoms with Gasteiger partial charge in [0.1, 0.15) is 13.2 Å². The van der Waals surface area contributed by atoms with Gasteiger partial charge in [-0.2, -0.15) is 0 Å². The summed E-state index contributed by atoms with van der Waals surface area (Å²) in [6.45, 7) is 8.61. The van der Waals surface area contributed by atoms with Crippen LogP contribution in [0.1, 0.15) is 56.1 Å². The number of alkyl carbamates (subject to hydrolysis) is 1. The molecule has 0 aromatic heterocycles. The Morgan fingerprint density at radius 3 is 2.18 bits per heavy atom. The maximum Gasteiger partial charge on any atom is 0.407 e. The number of unbranched alkanes of at least 4 members (excludes halogenated alkanes) is 1. The van der Waals surface area contributed by atoms with Crippen LogP contribution >= 0.6 is 0 Å². The first-order valence-corrected chi connectivity index (χ1v) is 17.0. The lowest BCUT2D eigenvalue weighted by atomic mass is 9.95. The monoisotopic (exact) mass is 679 g/mol. The van der Waals surface area contributed by atoms with Gasteiger partial charge in [0.05, 0.1) is 37.7 Å². The predicted molar refractivity (Wildman–Crippen MR) is 188 cm³/mol. The van der Waals surface area contributed by atoms with Crippen molar-refractivity contribution in [1.29, 1.82) is 0 Å². The number of rotatable bonds is 26. The number of esters is 1. The highest BCUT2D eigenvalue weighted by Crippen LogP contribution is 2.18. The second-order valence-electron chi connectivity index (χ2n) is 11.7. The molecular formula is C38H53N3O8. The maximum atomic E-state index is 13.4. The molecule has 0 saturated carbocycles. The van der Waals surface area contributed by atoms with Crippen molar-refractivity contribution < 1.29 is 38.5 Å². The molecule has 2 aromatic carbocycles. The SMILES string of the molecule is C=CCCC(Cc1ccccc1)C(=O)OCC(CCCCNC(=O)OCc1ccccc1)NC(=O)C(CC=C)CC(=O)NCCOCCO. The van der Waals surface area contributed by atoms with Gasteiger partial charge < -0.3 is 35.3 Å². The highest BCUT2D eigenvalue weighted by Gasteiger charge is 2.26. The number of amides is 3. The average Bonchev–Trinajstić information content (AvgIpc) is 3.11. The molecule has 0 fully saturated rings. The predicted octanol–water partition coefficient (Wildman–Crippen LogP) is 4.64. The number of hydrogen-bond acceptors (Lipinski definition) is 8. The van der Waals surface area contributed by atoms with E-state index in [1.165, 1.54) is 0 Å². The molecule has 0 spiro atoms. The molecule has 268 valence electrons. The third-order valence-electron chi connectivity index (χ3n) is 7.67. The summed E-state index contributed by atoms with van der Waals surface area (Å²) >= 11 is 0. The van der Waals surface area contributed by atoms with E-state index in [4.69, 9.17) is 19.3 Å². The van der Waals surface area contributed by atoms with Crippen LogP contribution in [0.15, 0.2) is 86.0 Å². The molecule has 11 heteroatoms. The molecule has 2 aromatic rings. The molecule has 3 atom stereocenters. The third kappa shape index (κ3) is 18.6. The molecule has 2 rings (SSSR count). The molecule has 4 N–H and O–H groups in total. The zero-order valence-corrected chi connectivity index (χ0v) is 28.5. The van der Waals surface area contributed by atoms with Crippen LogP contribution in [-0.2, 0) is 41.6 Å². The normalized spacial score (nSPS) is 12.5. The Bertz CT molecular complexity index is 1260. The zero-order valence-electron chi connectivity index (χ0n) is 28.5. The standard InChI is InChI=1S/C38H53N3O8/c1-3-5-19-33(26-30-15-8-6-9-16-30)37(45)48-29-34(20-12-13-21-40-38(46)49-28-31-17-10-7-11-18-31)41-36(44)32(14-4-2)27-35(43)39-22-24-47-25-23-42/h3-4,6-11,15-18,32-34,42H,1-2,5,12-14,19-29H2,(H,39,43)(H,40,46)(H,41,44). The molecule has 0 radical (unpaired) electrons. The van der Waals surface area contributed by atoms with Crippen LogP contribution in [0.4, 0.5) is 4.79 Å². The van der Waals surface area contributed by atoms with Crippen LogP contribution in [-0.4, -0.2) is 74.5 Å². The summed E-state index contributed by atoms with van der Waals surface area (Å²) in [5, 5.41) is 17.3. The van der Waals surface area contributed by atoms with E-state index < -0.39 is 18.1 Å². The van der Waals surface area contributed by atoms with E-state index in [2.05, 4.69) is 29.1 Å². The molecule has 0 bridgehead atoms. The molecular weight excluding hydrogens is 626 g/mol. The fraction of sp³-hybridized carbons (Fsp3) is 0.474. The quantitative estimate of drug-likeness (QED) is 0.0638. The van der Waals surface area contributed by atoms with Crippen molar-refractivity contribution in [3.63, 3.8) is 0 Å². The lowest BCUT2D eigenvalue weighted by molar-refractivity contribution is -0.150. The Kier molecular flexibility index (Phi) is 21.2. The number of nitrogens with one attached hydrogen (secondary N) is 3. The first-order valence-electron chi connectivity index (χ1n) is 17.0.